The van der Waals surface area contributed by atoms with Crippen molar-refractivity contribution in [2.24, 2.45) is 0 Å². The Bertz CT molecular complexity index is 264. The predicted octanol–water partition coefficient (Wildman–Crippen LogP) is 1.75. The summed E-state index contributed by atoms with van der Waals surface area (Å²) in [4.78, 5) is 10.3. The number of aliphatic carboxylic acids is 1. The molecular formula is C9H9AuO2S. The minimum Gasteiger partial charge on any atom is -0.784 e. The van der Waals surface area contributed by atoms with Crippen LogP contribution in [-0.4, -0.2) is 11.1 Å². The number of hydrogen-bond acceptors (Lipinski definition) is 2. The number of carboxylic acid groups (broad SMARTS) is 1. The summed E-state index contributed by atoms with van der Waals surface area (Å²) in [5, 5.41) is 8.16. The van der Waals surface area contributed by atoms with Crippen molar-refractivity contribution in [3.8, 4) is 0 Å². The Hall–Kier alpha value is -0.220. The molecule has 0 heterocycles. The maximum absolute atomic E-state index is 10.3. The average Bonchev–Trinajstić information content (AvgIpc) is 2.05. The molecule has 0 fully saturated rings. The maximum Gasteiger partial charge on any atom is 1.00 e. The maximum atomic E-state index is 10.3. The summed E-state index contributed by atoms with van der Waals surface area (Å²) >= 11 is 5.00. The Morgan fingerprint density at radius 3 is 2.38 bits per heavy atom. The van der Waals surface area contributed by atoms with Crippen LogP contribution in [0.5, 0.6) is 0 Å². The summed E-state index contributed by atoms with van der Waals surface area (Å²) < 4.78 is 0. The first-order chi connectivity index (χ1) is 5.70. The Kier molecular flexibility index (Phi) is 6.16. The van der Waals surface area contributed by atoms with Gasteiger partial charge in [-0.2, -0.15) is 0 Å². The van der Waals surface area contributed by atoms with E-state index in [1.807, 2.05) is 30.3 Å². The number of hydrogen-bond donors (Lipinski definition) is 1. The van der Waals surface area contributed by atoms with Gasteiger partial charge in [-0.1, -0.05) is 35.9 Å². The molecule has 0 aliphatic carbocycles. The van der Waals surface area contributed by atoms with Crippen LogP contribution in [0.4, 0.5) is 0 Å². The van der Waals surface area contributed by atoms with Crippen LogP contribution in [0.25, 0.3) is 0 Å². The van der Waals surface area contributed by atoms with E-state index in [4.69, 9.17) is 17.7 Å². The fourth-order valence-corrected chi connectivity index (χ4v) is 1.24. The van der Waals surface area contributed by atoms with Crippen LogP contribution in [-0.2, 0) is 39.8 Å². The molecule has 0 aromatic heterocycles. The molecular weight excluding hydrogens is 369 g/mol. The first kappa shape index (κ1) is 12.8. The fraction of sp³-hybridized carbons (Fsp3) is 0.222. The first-order valence-electron chi connectivity index (χ1n) is 3.62. The van der Waals surface area contributed by atoms with Crippen molar-refractivity contribution in [1.82, 2.24) is 0 Å². The summed E-state index contributed by atoms with van der Waals surface area (Å²) in [5.74, 6) is -0.848. The molecule has 1 unspecified atom stereocenters. The predicted molar refractivity (Wildman–Crippen MR) is 48.8 cm³/mol. The van der Waals surface area contributed by atoms with Gasteiger partial charge in [0, 0.05) is 6.42 Å². The molecule has 1 N–H and O–H groups in total. The zero-order chi connectivity index (χ0) is 8.97. The van der Waals surface area contributed by atoms with Gasteiger partial charge in [0.25, 0.3) is 0 Å². The van der Waals surface area contributed by atoms with Crippen molar-refractivity contribution in [2.75, 3.05) is 0 Å². The van der Waals surface area contributed by atoms with Crippen molar-refractivity contribution < 1.29 is 32.3 Å². The molecule has 0 saturated carbocycles. The van der Waals surface area contributed by atoms with Crippen LogP contribution in [0.15, 0.2) is 30.3 Å². The fourth-order valence-electron chi connectivity index (χ4n) is 0.944. The van der Waals surface area contributed by atoms with Crippen molar-refractivity contribution in [1.29, 1.82) is 0 Å². The summed E-state index contributed by atoms with van der Waals surface area (Å²) in [6.45, 7) is 0. The van der Waals surface area contributed by atoms with Crippen molar-refractivity contribution in [3.05, 3.63) is 35.9 Å². The van der Waals surface area contributed by atoms with Gasteiger partial charge in [0.05, 0.1) is 0 Å². The standard InChI is InChI=1S/C9H10O2S.Au/c10-9(11)6-8(12)7-4-2-1-3-5-7;/h1-5,8,12H,6H2,(H,10,11);/q;+1/p-1. The molecule has 74 valence electrons. The summed E-state index contributed by atoms with van der Waals surface area (Å²) in [7, 11) is 0. The zero-order valence-electron chi connectivity index (χ0n) is 6.74. The van der Waals surface area contributed by atoms with Gasteiger partial charge >= 0.3 is 28.3 Å². The van der Waals surface area contributed by atoms with E-state index in [9.17, 15) is 4.79 Å². The Morgan fingerprint density at radius 2 is 1.92 bits per heavy atom. The van der Waals surface area contributed by atoms with E-state index in [2.05, 4.69) is 0 Å². The second kappa shape index (κ2) is 6.27. The molecule has 0 aliphatic rings. The number of carbonyl (C=O) groups is 1. The van der Waals surface area contributed by atoms with E-state index in [0.29, 0.717) is 0 Å². The zero-order valence-corrected chi connectivity index (χ0v) is 9.72. The second-order valence-corrected chi connectivity index (χ2v) is 3.07. The molecule has 0 spiro atoms. The van der Waals surface area contributed by atoms with Crippen LogP contribution in [0, 0.1) is 0 Å². The van der Waals surface area contributed by atoms with Gasteiger partial charge < -0.3 is 17.7 Å². The van der Waals surface area contributed by atoms with Gasteiger partial charge in [0.1, 0.15) is 0 Å². The molecule has 1 rings (SSSR count). The molecule has 4 heteroatoms. The van der Waals surface area contributed by atoms with E-state index in [0.717, 1.165) is 5.56 Å². The number of benzene rings is 1. The molecule has 0 aliphatic heterocycles. The van der Waals surface area contributed by atoms with Gasteiger partial charge in [0.2, 0.25) is 0 Å². The molecule has 13 heavy (non-hydrogen) atoms. The van der Waals surface area contributed by atoms with E-state index in [1.165, 1.54) is 0 Å². The molecule has 1 aromatic rings. The summed E-state index contributed by atoms with van der Waals surface area (Å²) in [5.41, 5.74) is 0.898. The molecule has 0 amide bonds. The van der Waals surface area contributed by atoms with Gasteiger partial charge in [-0.25, -0.2) is 0 Å². The summed E-state index contributed by atoms with van der Waals surface area (Å²) in [6, 6.07) is 9.29. The SMILES string of the molecule is O=C(O)CC([S-])c1ccccc1.[Au+]. The largest absolute Gasteiger partial charge is 1.00 e. The van der Waals surface area contributed by atoms with E-state index in [-0.39, 0.29) is 34.1 Å². The van der Waals surface area contributed by atoms with Crippen LogP contribution in [0.2, 0.25) is 0 Å². The van der Waals surface area contributed by atoms with Gasteiger partial charge in [-0.3, -0.25) is 4.79 Å². The van der Waals surface area contributed by atoms with Crippen LogP contribution < -0.4 is 0 Å². The Morgan fingerprint density at radius 1 is 1.38 bits per heavy atom. The summed E-state index contributed by atoms with van der Waals surface area (Å²) in [6.07, 6.45) is 0.0132. The Labute approximate surface area is 98.3 Å². The third-order valence-corrected chi connectivity index (χ3v) is 1.97. The smallest absolute Gasteiger partial charge is 0.784 e. The molecule has 1 atom stereocenters. The molecule has 0 bridgehead atoms. The van der Waals surface area contributed by atoms with Gasteiger partial charge in [-0.15, -0.1) is 5.25 Å². The minimum atomic E-state index is -0.848. The van der Waals surface area contributed by atoms with E-state index < -0.39 is 5.97 Å². The van der Waals surface area contributed by atoms with Gasteiger partial charge in [-0.05, 0) is 0 Å². The average molecular weight is 378 g/mol. The minimum absolute atomic E-state index is 0. The van der Waals surface area contributed by atoms with Crippen LogP contribution >= 0.6 is 0 Å². The van der Waals surface area contributed by atoms with Crippen LogP contribution in [0.3, 0.4) is 0 Å². The quantitative estimate of drug-likeness (QED) is 0.644. The van der Waals surface area contributed by atoms with Crippen molar-refractivity contribution in [3.63, 3.8) is 0 Å². The van der Waals surface area contributed by atoms with Gasteiger partial charge in [0.15, 0.2) is 0 Å². The third-order valence-electron chi connectivity index (χ3n) is 1.53. The van der Waals surface area contributed by atoms with Crippen molar-refractivity contribution in [2.45, 2.75) is 11.7 Å². The monoisotopic (exact) mass is 378 g/mol. The number of carboxylic acids is 1. The molecule has 0 radical (unpaired) electrons. The molecule has 1 aromatic carbocycles. The molecule has 0 saturated heterocycles. The first-order valence-corrected chi connectivity index (χ1v) is 4.10. The topological polar surface area (TPSA) is 37.3 Å². The second-order valence-electron chi connectivity index (χ2n) is 2.50. The van der Waals surface area contributed by atoms with E-state index >= 15 is 0 Å². The van der Waals surface area contributed by atoms with Crippen molar-refractivity contribution >= 4 is 18.6 Å². The molecule has 2 nitrogen and oxygen atoms in total. The number of rotatable bonds is 3. The van der Waals surface area contributed by atoms with Crippen LogP contribution in [0.1, 0.15) is 17.2 Å². The normalized spacial score (nSPS) is 11.5. The third kappa shape index (κ3) is 4.53. The van der Waals surface area contributed by atoms with E-state index in [1.54, 1.807) is 0 Å². The Balaban J connectivity index is 0.00000144.